The number of thiazole rings is 1. The van der Waals surface area contributed by atoms with E-state index in [1.807, 2.05) is 18.2 Å². The van der Waals surface area contributed by atoms with E-state index in [0.717, 1.165) is 28.1 Å². The molecule has 0 aliphatic carbocycles. The first-order valence-corrected chi connectivity index (χ1v) is 17.6. The van der Waals surface area contributed by atoms with E-state index in [-0.39, 0.29) is 40.4 Å². The van der Waals surface area contributed by atoms with Crippen LogP contribution in [0.3, 0.4) is 0 Å². The van der Waals surface area contributed by atoms with Gasteiger partial charge in [-0.15, -0.1) is 11.3 Å². The van der Waals surface area contributed by atoms with Crippen LogP contribution in [0.25, 0.3) is 10.2 Å². The molecule has 0 atom stereocenters. The van der Waals surface area contributed by atoms with Crippen LogP contribution in [0.15, 0.2) is 46.2 Å². The van der Waals surface area contributed by atoms with Crippen LogP contribution in [0.5, 0.6) is 11.5 Å². The molecule has 9 nitrogen and oxygen atoms in total. The monoisotopic (exact) mass is 607 g/mol. The quantitative estimate of drug-likeness (QED) is 0.334. The number of hydrogen-bond donors (Lipinski definition) is 0. The zero-order valence-corrected chi connectivity index (χ0v) is 25.7. The van der Waals surface area contributed by atoms with Crippen LogP contribution < -0.4 is 9.47 Å². The second-order valence-electron chi connectivity index (χ2n) is 10.4. The van der Waals surface area contributed by atoms with Gasteiger partial charge in [-0.3, -0.25) is 0 Å². The summed E-state index contributed by atoms with van der Waals surface area (Å²) >= 11 is 1.66. The summed E-state index contributed by atoms with van der Waals surface area (Å²) in [5, 5.41) is 1.04. The Morgan fingerprint density at radius 1 is 0.825 bits per heavy atom. The Morgan fingerprint density at radius 2 is 1.32 bits per heavy atom. The van der Waals surface area contributed by atoms with Gasteiger partial charge in [0.15, 0.2) is 0 Å². The second kappa shape index (κ2) is 11.9. The fourth-order valence-corrected chi connectivity index (χ4v) is 9.71. The highest BCUT2D eigenvalue weighted by Gasteiger charge is 2.37. The van der Waals surface area contributed by atoms with Crippen molar-refractivity contribution < 1.29 is 26.3 Å². The Kier molecular flexibility index (Phi) is 8.72. The third-order valence-corrected chi connectivity index (χ3v) is 12.7. The van der Waals surface area contributed by atoms with Gasteiger partial charge in [-0.2, -0.15) is 8.61 Å². The minimum atomic E-state index is -3.98. The second-order valence-corrected chi connectivity index (χ2v) is 15.3. The molecule has 40 heavy (non-hydrogen) atoms. The van der Waals surface area contributed by atoms with E-state index in [1.54, 1.807) is 25.2 Å². The molecule has 0 spiro atoms. The lowest BCUT2D eigenvalue weighted by molar-refractivity contribution is 0.283. The fraction of sp³-hybridized carbons (Fsp3) is 0.536. The van der Waals surface area contributed by atoms with E-state index in [4.69, 9.17) is 14.5 Å². The highest BCUT2D eigenvalue weighted by molar-refractivity contribution is 7.89. The van der Waals surface area contributed by atoms with E-state index in [1.165, 1.54) is 20.7 Å². The largest absolute Gasteiger partial charge is 0.492 e. The van der Waals surface area contributed by atoms with E-state index in [9.17, 15) is 16.8 Å². The Hall–Kier alpha value is -2.25. The molecule has 5 rings (SSSR count). The molecule has 0 bridgehead atoms. The van der Waals surface area contributed by atoms with Gasteiger partial charge in [0.05, 0.1) is 28.4 Å². The van der Waals surface area contributed by atoms with Crippen molar-refractivity contribution in [2.45, 2.75) is 62.2 Å². The van der Waals surface area contributed by atoms with Gasteiger partial charge < -0.3 is 9.47 Å². The van der Waals surface area contributed by atoms with Crippen LogP contribution in [-0.4, -0.2) is 69.8 Å². The molecule has 0 saturated carbocycles. The molecule has 3 aromatic rings. The van der Waals surface area contributed by atoms with Gasteiger partial charge in [-0.25, -0.2) is 21.8 Å². The van der Waals surface area contributed by atoms with Crippen molar-refractivity contribution in [3.8, 4) is 11.5 Å². The Bertz CT molecular complexity index is 1520. The standard InChI is InChI=1S/C28H37N3O6S3/c1-4-36-23-19-27(24(37-5-2)18-26(23)39(32,33)30-14-10-20(3)11-15-30)40(34,35)31-16-12-21(13-17-31)28-29-22-8-6-7-9-25(22)38-28/h6-9,18-21H,4-5,10-17H2,1-3H3. The molecule has 0 unspecified atom stereocenters. The van der Waals surface area contributed by atoms with Crippen molar-refractivity contribution in [3.63, 3.8) is 0 Å². The molecule has 0 N–H and O–H groups in total. The normalized spacial score (nSPS) is 18.8. The molecular formula is C28H37N3O6S3. The van der Waals surface area contributed by atoms with E-state index < -0.39 is 20.0 Å². The zero-order valence-electron chi connectivity index (χ0n) is 23.2. The molecule has 2 aliphatic rings. The average Bonchev–Trinajstić information content (AvgIpc) is 3.38. The third-order valence-electron chi connectivity index (χ3n) is 7.70. The number of piperidine rings is 2. The summed E-state index contributed by atoms with van der Waals surface area (Å²) < 4.78 is 70.8. The van der Waals surface area contributed by atoms with Crippen LogP contribution >= 0.6 is 11.3 Å². The summed E-state index contributed by atoms with van der Waals surface area (Å²) in [6.07, 6.45) is 2.87. The maximum absolute atomic E-state index is 13.9. The summed E-state index contributed by atoms with van der Waals surface area (Å²) in [5.41, 5.74) is 0.969. The molecule has 0 amide bonds. The molecule has 218 valence electrons. The van der Waals surface area contributed by atoms with Gasteiger partial charge in [0.2, 0.25) is 20.0 Å². The SMILES string of the molecule is CCOc1cc(S(=O)(=O)N2CCC(c3nc4ccccc4s3)CC2)c(OCC)cc1S(=O)(=O)N1CCC(C)CC1. The molecule has 2 aromatic carbocycles. The first kappa shape index (κ1) is 29.2. The Morgan fingerprint density at radius 3 is 1.82 bits per heavy atom. The summed E-state index contributed by atoms with van der Waals surface area (Å²) in [6.45, 7) is 7.51. The summed E-state index contributed by atoms with van der Waals surface area (Å²) in [4.78, 5) is 4.66. The summed E-state index contributed by atoms with van der Waals surface area (Å²) in [5.74, 6) is 0.716. The van der Waals surface area contributed by atoms with Gasteiger partial charge >= 0.3 is 0 Å². The predicted octanol–water partition coefficient (Wildman–Crippen LogP) is 5.08. The topological polar surface area (TPSA) is 106 Å². The van der Waals surface area contributed by atoms with Crippen LogP contribution in [0.1, 0.15) is 57.4 Å². The van der Waals surface area contributed by atoms with Gasteiger partial charge in [-0.05, 0) is 57.6 Å². The van der Waals surface area contributed by atoms with Gasteiger partial charge in [-0.1, -0.05) is 19.1 Å². The van der Waals surface area contributed by atoms with Gasteiger partial charge in [0.25, 0.3) is 0 Å². The lowest BCUT2D eigenvalue weighted by Gasteiger charge is -2.32. The first-order chi connectivity index (χ1) is 19.1. The molecule has 3 heterocycles. The highest BCUT2D eigenvalue weighted by Crippen LogP contribution is 2.40. The Labute approximate surface area is 241 Å². The first-order valence-electron chi connectivity index (χ1n) is 13.9. The molecule has 2 saturated heterocycles. The summed E-state index contributed by atoms with van der Waals surface area (Å²) in [6, 6.07) is 10.7. The smallest absolute Gasteiger partial charge is 0.246 e. The van der Waals surface area contributed by atoms with E-state index >= 15 is 0 Å². The number of rotatable bonds is 9. The average molecular weight is 608 g/mol. The number of sulfonamides is 2. The summed E-state index contributed by atoms with van der Waals surface area (Å²) in [7, 11) is -7.88. The van der Waals surface area contributed by atoms with Gasteiger partial charge in [0.1, 0.15) is 21.3 Å². The van der Waals surface area contributed by atoms with Crippen molar-refractivity contribution in [2.24, 2.45) is 5.92 Å². The van der Waals surface area contributed by atoms with Crippen LogP contribution in [0.4, 0.5) is 0 Å². The van der Waals surface area contributed by atoms with Crippen LogP contribution in [0, 0.1) is 5.92 Å². The maximum Gasteiger partial charge on any atom is 0.246 e. The van der Waals surface area contributed by atoms with Crippen molar-refractivity contribution >= 4 is 41.6 Å². The van der Waals surface area contributed by atoms with Crippen molar-refractivity contribution in [2.75, 3.05) is 39.4 Å². The molecular weight excluding hydrogens is 571 g/mol. The van der Waals surface area contributed by atoms with Crippen molar-refractivity contribution in [1.82, 2.24) is 13.6 Å². The third kappa shape index (κ3) is 5.74. The van der Waals surface area contributed by atoms with Crippen LogP contribution in [0.2, 0.25) is 0 Å². The van der Waals surface area contributed by atoms with Crippen molar-refractivity contribution in [1.29, 1.82) is 0 Å². The zero-order chi connectivity index (χ0) is 28.5. The minimum Gasteiger partial charge on any atom is -0.492 e. The maximum atomic E-state index is 13.9. The lowest BCUT2D eigenvalue weighted by atomic mass is 9.99. The number of aromatic nitrogens is 1. The molecule has 0 radical (unpaired) electrons. The number of nitrogens with zero attached hydrogens (tertiary/aromatic N) is 3. The number of fused-ring (bicyclic) bond motifs is 1. The number of ether oxygens (including phenoxy) is 2. The number of para-hydroxylation sites is 1. The van der Waals surface area contributed by atoms with E-state index in [2.05, 4.69) is 13.0 Å². The Balaban J connectivity index is 1.43. The van der Waals surface area contributed by atoms with Crippen molar-refractivity contribution in [3.05, 3.63) is 41.4 Å². The highest BCUT2D eigenvalue weighted by atomic mass is 32.2. The molecule has 2 fully saturated rings. The minimum absolute atomic E-state index is 0.0307. The number of benzene rings is 2. The molecule has 2 aliphatic heterocycles. The fourth-order valence-electron chi connectivity index (χ4n) is 5.37. The predicted molar refractivity (Wildman–Crippen MR) is 156 cm³/mol. The molecule has 12 heteroatoms. The molecule has 1 aromatic heterocycles. The van der Waals surface area contributed by atoms with Gasteiger partial charge in [0, 0.05) is 44.2 Å². The lowest BCUT2D eigenvalue weighted by Crippen LogP contribution is -2.39. The van der Waals surface area contributed by atoms with E-state index in [0.29, 0.717) is 44.9 Å². The van der Waals surface area contributed by atoms with Crippen LogP contribution in [-0.2, 0) is 20.0 Å². The number of hydrogen-bond acceptors (Lipinski definition) is 8.